The summed E-state index contributed by atoms with van der Waals surface area (Å²) in [4.78, 5) is 16.0. The minimum absolute atomic E-state index is 0.197. The minimum Gasteiger partial charge on any atom is -0.395 e. The van der Waals surface area contributed by atoms with Crippen LogP contribution in [0, 0.1) is 0 Å². The van der Waals surface area contributed by atoms with Crippen molar-refractivity contribution in [1.29, 1.82) is 0 Å². The standard InChI is InChI=1S/C15H21N3O3/c19-9-8-17-4-1-5-18(7-6-17)11-2-3-12-13(10-11)16-15(21)14(12)20/h2-3,10,14,19-20H,1,4-9H2,(H,16,21). The predicted octanol–water partition coefficient (Wildman–Crippen LogP) is 0.176. The summed E-state index contributed by atoms with van der Waals surface area (Å²) in [5, 5.41) is 21.5. The molecule has 2 aliphatic heterocycles. The number of amides is 1. The van der Waals surface area contributed by atoms with Gasteiger partial charge in [0.1, 0.15) is 0 Å². The smallest absolute Gasteiger partial charge is 0.257 e. The van der Waals surface area contributed by atoms with E-state index in [0.717, 1.165) is 44.8 Å². The Bertz CT molecular complexity index is 535. The van der Waals surface area contributed by atoms with E-state index in [4.69, 9.17) is 5.11 Å². The predicted molar refractivity (Wildman–Crippen MR) is 80.4 cm³/mol. The molecule has 1 atom stereocenters. The summed E-state index contributed by atoms with van der Waals surface area (Å²) in [6.07, 6.45) is 0.00438. The molecular formula is C15H21N3O3. The third-order valence-corrected chi connectivity index (χ3v) is 4.21. The van der Waals surface area contributed by atoms with Crippen molar-refractivity contribution >= 4 is 17.3 Å². The number of carbonyl (C=O) groups is 1. The lowest BCUT2D eigenvalue weighted by molar-refractivity contribution is -0.123. The van der Waals surface area contributed by atoms with E-state index in [9.17, 15) is 9.90 Å². The topological polar surface area (TPSA) is 76.0 Å². The van der Waals surface area contributed by atoms with Crippen LogP contribution in [-0.4, -0.2) is 60.4 Å². The van der Waals surface area contributed by atoms with E-state index in [-0.39, 0.29) is 12.5 Å². The molecule has 0 saturated carbocycles. The molecule has 0 bridgehead atoms. The SMILES string of the molecule is O=C1Nc2cc(N3CCCN(CCO)CC3)ccc2C1O. The molecule has 6 nitrogen and oxygen atoms in total. The van der Waals surface area contributed by atoms with Crippen LogP contribution in [0.1, 0.15) is 18.1 Å². The highest BCUT2D eigenvalue weighted by atomic mass is 16.3. The van der Waals surface area contributed by atoms with Gasteiger partial charge < -0.3 is 20.4 Å². The molecule has 3 rings (SSSR count). The van der Waals surface area contributed by atoms with Crippen LogP contribution in [0.15, 0.2) is 18.2 Å². The Morgan fingerprint density at radius 3 is 2.90 bits per heavy atom. The maximum atomic E-state index is 11.5. The number of rotatable bonds is 3. The van der Waals surface area contributed by atoms with E-state index in [2.05, 4.69) is 15.1 Å². The van der Waals surface area contributed by atoms with Crippen LogP contribution in [0.5, 0.6) is 0 Å². The Balaban J connectivity index is 1.73. The number of anilines is 2. The second-order valence-corrected chi connectivity index (χ2v) is 5.57. The van der Waals surface area contributed by atoms with Crippen LogP contribution in [-0.2, 0) is 4.79 Å². The van der Waals surface area contributed by atoms with Gasteiger partial charge in [-0.3, -0.25) is 9.69 Å². The lowest BCUT2D eigenvalue weighted by atomic mass is 10.1. The van der Waals surface area contributed by atoms with Gasteiger partial charge >= 0.3 is 0 Å². The molecule has 21 heavy (non-hydrogen) atoms. The number of β-amino-alcohol motifs (C(OH)–C–C–N with tert-alkyl or cyclic N) is 1. The fourth-order valence-corrected chi connectivity index (χ4v) is 3.02. The molecular weight excluding hydrogens is 270 g/mol. The Labute approximate surface area is 124 Å². The van der Waals surface area contributed by atoms with Gasteiger partial charge in [0.2, 0.25) is 0 Å². The molecule has 3 N–H and O–H groups in total. The van der Waals surface area contributed by atoms with Gasteiger partial charge in [-0.1, -0.05) is 6.07 Å². The number of carbonyl (C=O) groups excluding carboxylic acids is 1. The van der Waals surface area contributed by atoms with Gasteiger partial charge in [0.05, 0.1) is 6.61 Å². The van der Waals surface area contributed by atoms with Crippen molar-refractivity contribution < 1.29 is 15.0 Å². The van der Waals surface area contributed by atoms with Crippen molar-refractivity contribution in [1.82, 2.24) is 4.90 Å². The van der Waals surface area contributed by atoms with Crippen LogP contribution in [0.4, 0.5) is 11.4 Å². The number of nitrogens with one attached hydrogen (secondary N) is 1. The molecule has 0 aromatic heterocycles. The minimum atomic E-state index is -1.04. The summed E-state index contributed by atoms with van der Waals surface area (Å²) < 4.78 is 0. The first-order valence-corrected chi connectivity index (χ1v) is 7.40. The van der Waals surface area contributed by atoms with Crippen molar-refractivity contribution in [2.24, 2.45) is 0 Å². The van der Waals surface area contributed by atoms with E-state index in [1.165, 1.54) is 0 Å². The van der Waals surface area contributed by atoms with Crippen molar-refractivity contribution in [3.05, 3.63) is 23.8 Å². The van der Waals surface area contributed by atoms with Gasteiger partial charge in [-0.15, -0.1) is 0 Å². The zero-order valence-electron chi connectivity index (χ0n) is 12.0. The van der Waals surface area contributed by atoms with Gasteiger partial charge in [0.15, 0.2) is 6.10 Å². The van der Waals surface area contributed by atoms with E-state index in [1.54, 1.807) is 0 Å². The average molecular weight is 291 g/mol. The van der Waals surface area contributed by atoms with E-state index in [1.807, 2.05) is 18.2 Å². The first-order valence-electron chi connectivity index (χ1n) is 7.40. The molecule has 0 spiro atoms. The van der Waals surface area contributed by atoms with Crippen molar-refractivity contribution in [3.8, 4) is 0 Å². The van der Waals surface area contributed by atoms with E-state index in [0.29, 0.717) is 11.3 Å². The fourth-order valence-electron chi connectivity index (χ4n) is 3.02. The molecule has 6 heteroatoms. The van der Waals surface area contributed by atoms with Crippen LogP contribution in [0.3, 0.4) is 0 Å². The molecule has 1 saturated heterocycles. The summed E-state index contributed by atoms with van der Waals surface area (Å²) in [7, 11) is 0. The van der Waals surface area contributed by atoms with Crippen LogP contribution < -0.4 is 10.2 Å². The lowest BCUT2D eigenvalue weighted by Gasteiger charge is -2.24. The van der Waals surface area contributed by atoms with Gasteiger partial charge in [-0.2, -0.15) is 0 Å². The van der Waals surface area contributed by atoms with Crippen molar-refractivity contribution in [2.75, 3.05) is 49.5 Å². The highest BCUT2D eigenvalue weighted by Gasteiger charge is 2.29. The average Bonchev–Trinajstić information content (AvgIpc) is 2.67. The number of fused-ring (bicyclic) bond motifs is 1. The molecule has 1 aromatic carbocycles. The summed E-state index contributed by atoms with van der Waals surface area (Å²) in [5.41, 5.74) is 2.43. The summed E-state index contributed by atoms with van der Waals surface area (Å²) in [6.45, 7) is 4.69. The molecule has 1 fully saturated rings. The largest absolute Gasteiger partial charge is 0.395 e. The zero-order valence-corrected chi connectivity index (χ0v) is 12.0. The summed E-state index contributed by atoms with van der Waals surface area (Å²) >= 11 is 0. The molecule has 2 aliphatic rings. The summed E-state index contributed by atoms with van der Waals surface area (Å²) in [5.74, 6) is -0.355. The molecule has 1 amide bonds. The van der Waals surface area contributed by atoms with Gasteiger partial charge in [-0.05, 0) is 25.1 Å². The summed E-state index contributed by atoms with van der Waals surface area (Å²) in [6, 6.07) is 5.72. The first kappa shape index (κ1) is 14.3. The Morgan fingerprint density at radius 1 is 1.24 bits per heavy atom. The van der Waals surface area contributed by atoms with Crippen molar-refractivity contribution in [3.63, 3.8) is 0 Å². The second-order valence-electron chi connectivity index (χ2n) is 5.57. The fraction of sp³-hybridized carbons (Fsp3) is 0.533. The highest BCUT2D eigenvalue weighted by Crippen LogP contribution is 2.34. The van der Waals surface area contributed by atoms with Crippen LogP contribution >= 0.6 is 0 Å². The number of benzene rings is 1. The highest BCUT2D eigenvalue weighted by molar-refractivity contribution is 6.02. The van der Waals surface area contributed by atoms with Crippen LogP contribution in [0.2, 0.25) is 0 Å². The molecule has 114 valence electrons. The second kappa shape index (κ2) is 6.01. The van der Waals surface area contributed by atoms with Crippen molar-refractivity contribution in [2.45, 2.75) is 12.5 Å². The monoisotopic (exact) mass is 291 g/mol. The number of nitrogens with zero attached hydrogens (tertiary/aromatic N) is 2. The number of hydrogen-bond donors (Lipinski definition) is 3. The molecule has 0 radical (unpaired) electrons. The molecule has 0 aliphatic carbocycles. The first-order chi connectivity index (χ1) is 10.2. The molecule has 2 heterocycles. The van der Waals surface area contributed by atoms with Gasteiger partial charge in [-0.25, -0.2) is 0 Å². The third-order valence-electron chi connectivity index (χ3n) is 4.21. The number of aliphatic hydroxyl groups is 2. The molecule has 1 unspecified atom stereocenters. The zero-order chi connectivity index (χ0) is 14.8. The Morgan fingerprint density at radius 2 is 2.10 bits per heavy atom. The maximum absolute atomic E-state index is 11.5. The van der Waals surface area contributed by atoms with Gasteiger partial charge in [0, 0.05) is 43.1 Å². The Kier molecular flexibility index (Phi) is 4.10. The maximum Gasteiger partial charge on any atom is 0.257 e. The molecule has 1 aromatic rings. The van der Waals surface area contributed by atoms with E-state index < -0.39 is 6.10 Å². The number of hydrogen-bond acceptors (Lipinski definition) is 5. The Hall–Kier alpha value is -1.63. The van der Waals surface area contributed by atoms with E-state index >= 15 is 0 Å². The number of aliphatic hydroxyl groups excluding tert-OH is 2. The lowest BCUT2D eigenvalue weighted by Crippen LogP contribution is -2.32. The van der Waals surface area contributed by atoms with Crippen LogP contribution in [0.25, 0.3) is 0 Å². The quantitative estimate of drug-likeness (QED) is 0.740. The third kappa shape index (κ3) is 2.88. The van der Waals surface area contributed by atoms with Gasteiger partial charge in [0.25, 0.3) is 5.91 Å². The normalized spacial score (nSPS) is 22.9.